The van der Waals surface area contributed by atoms with Crippen LogP contribution in [0.4, 0.5) is 18.9 Å². The molecule has 0 aromatic heterocycles. The largest absolute Gasteiger partial charge is 0.573 e. The summed E-state index contributed by atoms with van der Waals surface area (Å²) in [6.45, 7) is 2.65. The highest BCUT2D eigenvalue weighted by molar-refractivity contribution is 7.80. The fourth-order valence-corrected chi connectivity index (χ4v) is 2.18. The van der Waals surface area contributed by atoms with Gasteiger partial charge in [-0.25, -0.2) is 0 Å². The Bertz CT molecular complexity index is 684. The predicted molar refractivity (Wildman–Crippen MR) is 92.0 cm³/mol. The number of ether oxygens (including phenoxy) is 1. The van der Waals surface area contributed by atoms with Crippen molar-refractivity contribution in [3.05, 3.63) is 59.7 Å². The Hall–Kier alpha value is -2.28. The molecule has 2 rings (SSSR count). The Kier molecular flexibility index (Phi) is 5.66. The molecule has 0 bridgehead atoms. The number of benzene rings is 2. The standard InChI is InChI=1S/C17H17F3N2OS/c1-12-3-5-13(6-4-12)11-22(2)16(24)21-14-7-9-15(10-8-14)23-17(18,19)20/h3-10H,11H2,1-2H3,(H,21,24). The fourth-order valence-electron chi connectivity index (χ4n) is 2.00. The van der Waals surface area contributed by atoms with Gasteiger partial charge in [-0.2, -0.15) is 0 Å². The van der Waals surface area contributed by atoms with Crippen LogP contribution in [0.5, 0.6) is 5.75 Å². The van der Waals surface area contributed by atoms with E-state index in [0.717, 1.165) is 5.56 Å². The molecule has 0 fully saturated rings. The number of nitrogens with zero attached hydrogens (tertiary/aromatic N) is 1. The first-order chi connectivity index (χ1) is 11.2. The van der Waals surface area contributed by atoms with E-state index in [9.17, 15) is 13.2 Å². The summed E-state index contributed by atoms with van der Waals surface area (Å²) in [6, 6.07) is 13.5. The van der Waals surface area contributed by atoms with Crippen LogP contribution < -0.4 is 10.1 Å². The van der Waals surface area contributed by atoms with E-state index in [4.69, 9.17) is 12.2 Å². The number of aryl methyl sites for hydroxylation is 1. The SMILES string of the molecule is Cc1ccc(CN(C)C(=S)Nc2ccc(OC(F)(F)F)cc2)cc1. The maximum atomic E-state index is 12.1. The van der Waals surface area contributed by atoms with Gasteiger partial charge in [0, 0.05) is 19.3 Å². The first-order valence-electron chi connectivity index (χ1n) is 7.16. The molecule has 24 heavy (non-hydrogen) atoms. The third kappa shape index (κ3) is 5.73. The van der Waals surface area contributed by atoms with Crippen LogP contribution in [0, 0.1) is 6.92 Å². The van der Waals surface area contributed by atoms with Gasteiger partial charge in [0.05, 0.1) is 0 Å². The number of rotatable bonds is 4. The highest BCUT2D eigenvalue weighted by Crippen LogP contribution is 2.24. The van der Waals surface area contributed by atoms with Crippen molar-refractivity contribution in [3.8, 4) is 5.75 Å². The van der Waals surface area contributed by atoms with Gasteiger partial charge in [-0.05, 0) is 49.0 Å². The Morgan fingerprint density at radius 3 is 2.21 bits per heavy atom. The average molecular weight is 354 g/mol. The zero-order valence-electron chi connectivity index (χ0n) is 13.2. The molecule has 128 valence electrons. The van der Waals surface area contributed by atoms with Gasteiger partial charge in [0.25, 0.3) is 0 Å². The quantitative estimate of drug-likeness (QED) is 0.803. The summed E-state index contributed by atoms with van der Waals surface area (Å²) in [4.78, 5) is 1.85. The summed E-state index contributed by atoms with van der Waals surface area (Å²) in [7, 11) is 1.84. The first kappa shape index (κ1) is 18.1. The van der Waals surface area contributed by atoms with Gasteiger partial charge in [0.2, 0.25) is 0 Å². The fraction of sp³-hybridized carbons (Fsp3) is 0.235. The molecule has 1 N–H and O–H groups in total. The van der Waals surface area contributed by atoms with Gasteiger partial charge in [0.15, 0.2) is 5.11 Å². The average Bonchev–Trinajstić information content (AvgIpc) is 2.50. The summed E-state index contributed by atoms with van der Waals surface area (Å²) in [5, 5.41) is 3.46. The van der Waals surface area contributed by atoms with E-state index in [1.54, 1.807) is 0 Å². The van der Waals surface area contributed by atoms with Crippen LogP contribution in [0.2, 0.25) is 0 Å². The summed E-state index contributed by atoms with van der Waals surface area (Å²) in [5.74, 6) is -0.271. The van der Waals surface area contributed by atoms with Gasteiger partial charge < -0.3 is 15.0 Å². The minimum absolute atomic E-state index is 0.271. The number of hydrogen-bond donors (Lipinski definition) is 1. The Morgan fingerprint density at radius 2 is 1.67 bits per heavy atom. The molecule has 0 aliphatic heterocycles. The molecule has 0 spiro atoms. The van der Waals surface area contributed by atoms with Crippen molar-refractivity contribution in [2.45, 2.75) is 19.8 Å². The van der Waals surface area contributed by atoms with Gasteiger partial charge >= 0.3 is 6.36 Å². The molecule has 0 amide bonds. The van der Waals surface area contributed by atoms with E-state index in [1.807, 2.05) is 43.1 Å². The van der Waals surface area contributed by atoms with E-state index >= 15 is 0 Å². The Labute approximate surface area is 144 Å². The zero-order chi connectivity index (χ0) is 17.7. The Balaban J connectivity index is 1.92. The van der Waals surface area contributed by atoms with E-state index in [0.29, 0.717) is 17.3 Å². The smallest absolute Gasteiger partial charge is 0.406 e. The molecule has 2 aromatic rings. The van der Waals surface area contributed by atoms with Gasteiger partial charge in [0.1, 0.15) is 5.75 Å². The van der Waals surface area contributed by atoms with Crippen molar-refractivity contribution in [1.82, 2.24) is 4.90 Å². The molecule has 2 aromatic carbocycles. The molecule has 0 unspecified atom stereocenters. The van der Waals surface area contributed by atoms with Crippen molar-refractivity contribution in [2.24, 2.45) is 0 Å². The van der Waals surface area contributed by atoms with Gasteiger partial charge in [-0.1, -0.05) is 29.8 Å². The topological polar surface area (TPSA) is 24.5 Å². The highest BCUT2D eigenvalue weighted by Gasteiger charge is 2.30. The molecule has 0 heterocycles. The normalized spacial score (nSPS) is 11.0. The molecule has 3 nitrogen and oxygen atoms in total. The van der Waals surface area contributed by atoms with E-state index in [1.165, 1.54) is 29.8 Å². The lowest BCUT2D eigenvalue weighted by Crippen LogP contribution is -2.30. The highest BCUT2D eigenvalue weighted by atomic mass is 32.1. The molecule has 0 saturated heterocycles. The second-order valence-corrected chi connectivity index (χ2v) is 5.73. The number of nitrogens with one attached hydrogen (secondary N) is 1. The first-order valence-corrected chi connectivity index (χ1v) is 7.57. The van der Waals surface area contributed by atoms with Crippen molar-refractivity contribution in [2.75, 3.05) is 12.4 Å². The second-order valence-electron chi connectivity index (χ2n) is 5.34. The maximum absolute atomic E-state index is 12.1. The summed E-state index contributed by atoms with van der Waals surface area (Å²) in [5.41, 5.74) is 2.88. The van der Waals surface area contributed by atoms with Crippen molar-refractivity contribution in [3.63, 3.8) is 0 Å². The zero-order valence-corrected chi connectivity index (χ0v) is 14.0. The van der Waals surface area contributed by atoms with Gasteiger partial charge in [-0.3, -0.25) is 0 Å². The predicted octanol–water partition coefficient (Wildman–Crippen LogP) is 4.72. The number of anilines is 1. The molecule has 0 aliphatic rings. The third-order valence-corrected chi connectivity index (χ3v) is 3.64. The summed E-state index contributed by atoms with van der Waals surface area (Å²) in [6.07, 6.45) is -4.70. The van der Waals surface area contributed by atoms with Crippen LogP contribution >= 0.6 is 12.2 Å². The molecule has 0 aliphatic carbocycles. The maximum Gasteiger partial charge on any atom is 0.573 e. The van der Waals surface area contributed by atoms with Crippen molar-refractivity contribution < 1.29 is 17.9 Å². The summed E-state index contributed by atoms with van der Waals surface area (Å²) < 4.78 is 40.2. The lowest BCUT2D eigenvalue weighted by molar-refractivity contribution is -0.274. The van der Waals surface area contributed by atoms with Crippen LogP contribution in [-0.2, 0) is 6.54 Å². The van der Waals surface area contributed by atoms with E-state index in [2.05, 4.69) is 10.1 Å². The number of hydrogen-bond acceptors (Lipinski definition) is 2. The van der Waals surface area contributed by atoms with Crippen molar-refractivity contribution in [1.29, 1.82) is 0 Å². The van der Waals surface area contributed by atoms with Gasteiger partial charge in [-0.15, -0.1) is 13.2 Å². The van der Waals surface area contributed by atoms with Crippen LogP contribution in [0.25, 0.3) is 0 Å². The minimum atomic E-state index is -4.70. The van der Waals surface area contributed by atoms with E-state index < -0.39 is 6.36 Å². The number of halogens is 3. The van der Waals surface area contributed by atoms with Crippen LogP contribution in [0.15, 0.2) is 48.5 Å². The summed E-state index contributed by atoms with van der Waals surface area (Å²) >= 11 is 5.31. The Morgan fingerprint density at radius 1 is 1.08 bits per heavy atom. The molecular weight excluding hydrogens is 337 g/mol. The third-order valence-electron chi connectivity index (χ3n) is 3.23. The van der Waals surface area contributed by atoms with E-state index in [-0.39, 0.29) is 5.75 Å². The van der Waals surface area contributed by atoms with Crippen LogP contribution in [0.1, 0.15) is 11.1 Å². The minimum Gasteiger partial charge on any atom is -0.406 e. The number of alkyl halides is 3. The lowest BCUT2D eigenvalue weighted by Gasteiger charge is -2.21. The lowest BCUT2D eigenvalue weighted by atomic mass is 10.1. The molecule has 0 saturated carbocycles. The van der Waals surface area contributed by atoms with Crippen molar-refractivity contribution >= 4 is 23.0 Å². The second kappa shape index (κ2) is 7.53. The molecular formula is C17H17F3N2OS. The molecule has 7 heteroatoms. The molecule has 0 atom stereocenters. The van der Waals surface area contributed by atoms with Crippen LogP contribution in [-0.4, -0.2) is 23.4 Å². The molecule has 0 radical (unpaired) electrons. The van der Waals surface area contributed by atoms with Crippen LogP contribution in [0.3, 0.4) is 0 Å². The monoisotopic (exact) mass is 354 g/mol. The number of thiocarbonyl (C=S) groups is 1.